The molecule has 0 saturated heterocycles. The molecule has 0 saturated carbocycles. The predicted octanol–water partition coefficient (Wildman–Crippen LogP) is 6.79. The van der Waals surface area contributed by atoms with Crippen LogP contribution in [-0.4, -0.2) is 43.1 Å². The first-order valence-corrected chi connectivity index (χ1v) is 14.1. The Balaban J connectivity index is 1.35. The molecule has 0 bridgehead atoms. The SMILES string of the molecule is CCOC(=O)Nc1ccc(C=CC(=O)NCC(=O)N(C)c2ccc(Cl)c(COc3cccc4ccc(C)nc34)c2Cl)cc1. The largest absolute Gasteiger partial charge is 0.487 e. The van der Waals surface area contributed by atoms with Crippen LogP contribution in [0.1, 0.15) is 23.7 Å². The zero-order valence-corrected chi connectivity index (χ0v) is 25.3. The highest BCUT2D eigenvalue weighted by Gasteiger charge is 2.19. The minimum Gasteiger partial charge on any atom is -0.487 e. The molecule has 0 spiro atoms. The van der Waals surface area contributed by atoms with E-state index in [1.54, 1.807) is 56.4 Å². The molecule has 0 atom stereocenters. The second-order valence-corrected chi connectivity index (χ2v) is 10.2. The van der Waals surface area contributed by atoms with E-state index in [9.17, 15) is 14.4 Å². The molecule has 4 rings (SSSR count). The summed E-state index contributed by atoms with van der Waals surface area (Å²) in [6.45, 7) is 3.70. The fourth-order valence-corrected chi connectivity index (χ4v) is 4.68. The number of carbonyl (C=O) groups excluding carboxylic acids is 3. The monoisotopic (exact) mass is 620 g/mol. The Morgan fingerprint density at radius 3 is 2.51 bits per heavy atom. The van der Waals surface area contributed by atoms with E-state index in [1.807, 2.05) is 37.3 Å². The average molecular weight is 622 g/mol. The van der Waals surface area contributed by atoms with Gasteiger partial charge in [0.25, 0.3) is 0 Å². The van der Waals surface area contributed by atoms with Crippen molar-refractivity contribution in [1.82, 2.24) is 10.3 Å². The van der Waals surface area contributed by atoms with Gasteiger partial charge in [0.1, 0.15) is 17.9 Å². The molecule has 0 fully saturated rings. The summed E-state index contributed by atoms with van der Waals surface area (Å²) in [6, 6.07) is 19.7. The Bertz CT molecular complexity index is 1670. The summed E-state index contributed by atoms with van der Waals surface area (Å²) in [6.07, 6.45) is 2.36. The second-order valence-electron chi connectivity index (χ2n) is 9.40. The highest BCUT2D eigenvalue weighted by molar-refractivity contribution is 6.38. The number of hydrogen-bond donors (Lipinski definition) is 2. The Morgan fingerprint density at radius 2 is 1.77 bits per heavy atom. The number of aromatic nitrogens is 1. The third kappa shape index (κ3) is 8.24. The van der Waals surface area contributed by atoms with Crippen LogP contribution in [0.2, 0.25) is 10.0 Å². The van der Waals surface area contributed by atoms with Crippen molar-refractivity contribution in [3.63, 3.8) is 0 Å². The van der Waals surface area contributed by atoms with Gasteiger partial charge in [-0.2, -0.15) is 0 Å². The van der Waals surface area contributed by atoms with Gasteiger partial charge in [-0.15, -0.1) is 0 Å². The third-order valence-electron chi connectivity index (χ3n) is 6.37. The first-order valence-electron chi connectivity index (χ1n) is 13.4. The number of nitrogens with one attached hydrogen (secondary N) is 2. The number of hydrogen-bond acceptors (Lipinski definition) is 6. The van der Waals surface area contributed by atoms with E-state index >= 15 is 0 Å². The highest BCUT2D eigenvalue weighted by Crippen LogP contribution is 2.35. The lowest BCUT2D eigenvalue weighted by Gasteiger charge is -2.21. The molecule has 3 amide bonds. The van der Waals surface area contributed by atoms with Crippen molar-refractivity contribution in [2.45, 2.75) is 20.5 Å². The van der Waals surface area contributed by atoms with E-state index in [2.05, 4.69) is 15.6 Å². The summed E-state index contributed by atoms with van der Waals surface area (Å²) in [5.74, 6) is -0.255. The number of para-hydroxylation sites is 1. The lowest BCUT2D eigenvalue weighted by Crippen LogP contribution is -2.37. The lowest BCUT2D eigenvalue weighted by molar-refractivity contribution is -0.122. The zero-order valence-electron chi connectivity index (χ0n) is 23.8. The van der Waals surface area contributed by atoms with Gasteiger partial charge in [-0.05, 0) is 61.9 Å². The van der Waals surface area contributed by atoms with Gasteiger partial charge in [-0.1, -0.05) is 53.5 Å². The number of rotatable bonds is 10. The zero-order chi connectivity index (χ0) is 30.9. The number of carbonyl (C=O) groups is 3. The molecular weight excluding hydrogens is 591 g/mol. The molecule has 0 aliphatic heterocycles. The number of benzene rings is 3. The molecule has 9 nitrogen and oxygen atoms in total. The molecule has 43 heavy (non-hydrogen) atoms. The van der Waals surface area contributed by atoms with Gasteiger partial charge in [0.15, 0.2) is 0 Å². The van der Waals surface area contributed by atoms with Crippen LogP contribution in [0.5, 0.6) is 5.75 Å². The number of nitrogens with zero attached hydrogens (tertiary/aromatic N) is 2. The molecule has 3 aromatic carbocycles. The molecular formula is C32H30Cl2N4O5. The number of pyridine rings is 1. The van der Waals surface area contributed by atoms with Crippen LogP contribution in [0, 0.1) is 6.92 Å². The molecule has 2 N–H and O–H groups in total. The molecule has 0 radical (unpaired) electrons. The van der Waals surface area contributed by atoms with Gasteiger partial charge in [-0.25, -0.2) is 9.78 Å². The smallest absolute Gasteiger partial charge is 0.411 e. The van der Waals surface area contributed by atoms with Crippen LogP contribution in [0.25, 0.3) is 17.0 Å². The number of aryl methyl sites for hydroxylation is 1. The third-order valence-corrected chi connectivity index (χ3v) is 7.14. The topological polar surface area (TPSA) is 110 Å². The predicted molar refractivity (Wildman–Crippen MR) is 170 cm³/mol. The van der Waals surface area contributed by atoms with E-state index in [0.717, 1.165) is 22.2 Å². The number of amides is 3. The summed E-state index contributed by atoms with van der Waals surface area (Å²) in [4.78, 5) is 42.7. The number of halogens is 2. The second kappa shape index (κ2) is 14.5. The van der Waals surface area contributed by atoms with Gasteiger partial charge < -0.3 is 19.7 Å². The maximum Gasteiger partial charge on any atom is 0.411 e. The first kappa shape index (κ1) is 31.3. The van der Waals surface area contributed by atoms with E-state index in [4.69, 9.17) is 32.7 Å². The van der Waals surface area contributed by atoms with Crippen molar-refractivity contribution in [1.29, 1.82) is 0 Å². The molecule has 1 aromatic heterocycles. The van der Waals surface area contributed by atoms with Gasteiger partial charge in [0, 0.05) is 40.5 Å². The molecule has 222 valence electrons. The molecule has 4 aromatic rings. The fourth-order valence-electron chi connectivity index (χ4n) is 4.07. The van der Waals surface area contributed by atoms with Crippen molar-refractivity contribution < 1.29 is 23.9 Å². The van der Waals surface area contributed by atoms with Gasteiger partial charge in [0.2, 0.25) is 11.8 Å². The van der Waals surface area contributed by atoms with Gasteiger partial charge in [0.05, 0.1) is 23.9 Å². The van der Waals surface area contributed by atoms with E-state index < -0.39 is 12.0 Å². The van der Waals surface area contributed by atoms with E-state index in [0.29, 0.717) is 27.7 Å². The number of ether oxygens (including phenoxy) is 2. The van der Waals surface area contributed by atoms with Crippen molar-refractivity contribution in [2.75, 3.05) is 30.4 Å². The Labute approximate surface area is 259 Å². The normalized spacial score (nSPS) is 10.9. The molecule has 0 unspecified atom stereocenters. The average Bonchev–Trinajstić information content (AvgIpc) is 2.99. The van der Waals surface area contributed by atoms with Crippen LogP contribution in [0.15, 0.2) is 72.8 Å². The summed E-state index contributed by atoms with van der Waals surface area (Å²) >= 11 is 13.1. The lowest BCUT2D eigenvalue weighted by atomic mass is 10.1. The Hall–Kier alpha value is -4.60. The van der Waals surface area contributed by atoms with E-state index in [-0.39, 0.29) is 30.7 Å². The van der Waals surface area contributed by atoms with Crippen LogP contribution in [0.3, 0.4) is 0 Å². The van der Waals surface area contributed by atoms with Crippen LogP contribution in [-0.2, 0) is 20.9 Å². The summed E-state index contributed by atoms with van der Waals surface area (Å²) in [5.41, 5.74) is 3.81. The van der Waals surface area contributed by atoms with Crippen molar-refractivity contribution in [3.8, 4) is 5.75 Å². The standard InChI is InChI=1S/C32H30Cl2N4O5/c1-4-42-32(41)37-23-13-9-21(10-14-23)11-17-28(39)35-18-29(40)38(3)26-16-15-25(33)24(30(26)34)19-43-27-7-5-6-22-12-8-20(2)36-31(22)27/h5-17H,4,18-19H2,1-3H3,(H,35,39)(H,37,41). The highest BCUT2D eigenvalue weighted by atomic mass is 35.5. The number of fused-ring (bicyclic) bond motifs is 1. The van der Waals surface area contributed by atoms with Crippen molar-refractivity contribution in [3.05, 3.63) is 99.7 Å². The fraction of sp³-hybridized carbons (Fsp3) is 0.188. The van der Waals surface area contributed by atoms with Gasteiger partial charge >= 0.3 is 6.09 Å². The molecule has 0 aliphatic rings. The number of likely N-dealkylation sites (N-methyl/N-ethyl adjacent to an activating group) is 1. The van der Waals surface area contributed by atoms with E-state index in [1.165, 1.54) is 11.0 Å². The minimum atomic E-state index is -0.544. The maximum atomic E-state index is 12.9. The summed E-state index contributed by atoms with van der Waals surface area (Å²) in [5, 5.41) is 6.77. The van der Waals surface area contributed by atoms with Crippen LogP contribution >= 0.6 is 23.2 Å². The minimum absolute atomic E-state index is 0.0592. The number of anilines is 2. The Kier molecular flexibility index (Phi) is 10.6. The van der Waals surface area contributed by atoms with Crippen LogP contribution < -0.4 is 20.3 Å². The Morgan fingerprint density at radius 1 is 1.00 bits per heavy atom. The quantitative estimate of drug-likeness (QED) is 0.189. The maximum absolute atomic E-state index is 12.9. The molecule has 0 aliphatic carbocycles. The molecule has 11 heteroatoms. The summed E-state index contributed by atoms with van der Waals surface area (Å²) < 4.78 is 10.9. The summed E-state index contributed by atoms with van der Waals surface area (Å²) in [7, 11) is 1.56. The molecule has 1 heterocycles. The van der Waals surface area contributed by atoms with Gasteiger partial charge in [-0.3, -0.25) is 14.9 Å². The van der Waals surface area contributed by atoms with Crippen molar-refractivity contribution >= 4 is 69.5 Å². The first-order chi connectivity index (χ1) is 20.7. The van der Waals surface area contributed by atoms with Crippen LogP contribution in [0.4, 0.5) is 16.2 Å². The van der Waals surface area contributed by atoms with Crippen molar-refractivity contribution in [2.24, 2.45) is 0 Å².